The summed E-state index contributed by atoms with van der Waals surface area (Å²) in [5, 5.41) is 11.4. The fourth-order valence-corrected chi connectivity index (χ4v) is 1.06. The summed E-state index contributed by atoms with van der Waals surface area (Å²) < 4.78 is 5.00. The molecule has 2 N–H and O–H groups in total. The molecule has 4 nitrogen and oxygen atoms in total. The fraction of sp³-hybridized carbons (Fsp3) is 0.833. The van der Waals surface area contributed by atoms with Crippen LogP contribution in [-0.2, 0) is 9.53 Å². The van der Waals surface area contributed by atoms with Gasteiger partial charge in [-0.3, -0.25) is 10.1 Å². The lowest BCUT2D eigenvalue weighted by molar-refractivity contribution is -0.142. The first kappa shape index (κ1) is 8.83. The zero-order chi connectivity index (χ0) is 8.27. The van der Waals surface area contributed by atoms with Crippen LogP contribution in [-0.4, -0.2) is 35.7 Å². The monoisotopic (exact) mass is 177 g/mol. The smallest absolute Gasteiger partial charge is 0.321 e. The van der Waals surface area contributed by atoms with Crippen LogP contribution in [0.2, 0.25) is 0 Å². The lowest BCUT2D eigenvalue weighted by Gasteiger charge is -2.29. The summed E-state index contributed by atoms with van der Waals surface area (Å²) in [6, 6.07) is -0.594. The van der Waals surface area contributed by atoms with Crippen molar-refractivity contribution in [3.05, 3.63) is 0 Å². The normalized spacial score (nSPS) is 25.7. The summed E-state index contributed by atoms with van der Waals surface area (Å²) >= 11 is 3.89. The SMILES string of the molecule is O=C(O)[C@H](CS)NC1CCO1. The number of nitrogens with one attached hydrogen (secondary N) is 1. The Morgan fingerprint density at radius 2 is 2.55 bits per heavy atom. The fourth-order valence-electron chi connectivity index (χ4n) is 0.794. The molecule has 5 heteroatoms. The van der Waals surface area contributed by atoms with Crippen molar-refractivity contribution in [3.63, 3.8) is 0 Å². The number of aliphatic carboxylic acids is 1. The Labute approximate surface area is 70.3 Å². The van der Waals surface area contributed by atoms with E-state index in [0.29, 0.717) is 0 Å². The molecule has 1 aliphatic rings. The van der Waals surface area contributed by atoms with Crippen LogP contribution in [0.25, 0.3) is 0 Å². The molecule has 0 spiro atoms. The van der Waals surface area contributed by atoms with Crippen molar-refractivity contribution in [2.24, 2.45) is 0 Å². The first-order valence-corrected chi connectivity index (χ1v) is 4.08. The van der Waals surface area contributed by atoms with Crippen LogP contribution >= 0.6 is 12.6 Å². The van der Waals surface area contributed by atoms with Crippen molar-refractivity contribution in [1.82, 2.24) is 5.32 Å². The van der Waals surface area contributed by atoms with Gasteiger partial charge in [-0.2, -0.15) is 12.6 Å². The molecule has 0 radical (unpaired) electrons. The molecule has 64 valence electrons. The molecule has 0 aromatic rings. The highest BCUT2D eigenvalue weighted by atomic mass is 32.1. The third kappa shape index (κ3) is 2.36. The number of hydrogen-bond acceptors (Lipinski definition) is 4. The molecular weight excluding hydrogens is 166 g/mol. The first-order valence-electron chi connectivity index (χ1n) is 3.45. The van der Waals surface area contributed by atoms with E-state index in [9.17, 15) is 4.79 Å². The molecule has 1 aliphatic heterocycles. The quantitative estimate of drug-likeness (QED) is 0.516. The minimum Gasteiger partial charge on any atom is -0.480 e. The lowest BCUT2D eigenvalue weighted by atomic mass is 10.2. The highest BCUT2D eigenvalue weighted by Crippen LogP contribution is 2.08. The van der Waals surface area contributed by atoms with Gasteiger partial charge in [-0.1, -0.05) is 0 Å². The minimum atomic E-state index is -0.879. The number of thiol groups is 1. The second-order valence-electron chi connectivity index (χ2n) is 2.39. The van der Waals surface area contributed by atoms with Crippen molar-refractivity contribution < 1.29 is 14.6 Å². The van der Waals surface area contributed by atoms with Gasteiger partial charge in [0.05, 0.1) is 6.61 Å². The van der Waals surface area contributed by atoms with Crippen LogP contribution in [0.5, 0.6) is 0 Å². The Kier molecular flexibility index (Phi) is 3.16. The first-order chi connectivity index (χ1) is 5.24. The molecule has 1 unspecified atom stereocenters. The number of carboxylic acids is 1. The Balaban J connectivity index is 2.24. The Morgan fingerprint density at radius 1 is 1.91 bits per heavy atom. The van der Waals surface area contributed by atoms with Crippen molar-refractivity contribution in [3.8, 4) is 0 Å². The predicted octanol–water partition coefficient (Wildman–Crippen LogP) is -0.295. The van der Waals surface area contributed by atoms with Gasteiger partial charge in [0, 0.05) is 12.2 Å². The molecule has 0 aliphatic carbocycles. The van der Waals surface area contributed by atoms with E-state index < -0.39 is 12.0 Å². The average molecular weight is 177 g/mol. The topological polar surface area (TPSA) is 58.6 Å². The number of carboxylic acid groups (broad SMARTS) is 1. The highest BCUT2D eigenvalue weighted by Gasteiger charge is 2.24. The van der Waals surface area contributed by atoms with Crippen LogP contribution in [0.15, 0.2) is 0 Å². The molecule has 2 atom stereocenters. The summed E-state index contributed by atoms with van der Waals surface area (Å²) in [6.45, 7) is 0.719. The number of rotatable bonds is 4. The number of hydrogen-bond donors (Lipinski definition) is 3. The molecule has 0 bridgehead atoms. The van der Waals surface area contributed by atoms with Gasteiger partial charge in [0.2, 0.25) is 0 Å². The maximum atomic E-state index is 10.4. The lowest BCUT2D eigenvalue weighted by Crippen LogP contribution is -2.50. The van der Waals surface area contributed by atoms with E-state index in [1.54, 1.807) is 0 Å². The molecule has 1 rings (SSSR count). The largest absolute Gasteiger partial charge is 0.480 e. The summed E-state index contributed by atoms with van der Waals surface area (Å²) in [5.41, 5.74) is 0. The van der Waals surface area contributed by atoms with Crippen LogP contribution in [0, 0.1) is 0 Å². The maximum Gasteiger partial charge on any atom is 0.321 e. The Hall–Kier alpha value is -0.260. The van der Waals surface area contributed by atoms with Gasteiger partial charge in [-0.25, -0.2) is 0 Å². The van der Waals surface area contributed by atoms with Gasteiger partial charge in [0.25, 0.3) is 0 Å². The van der Waals surface area contributed by atoms with E-state index >= 15 is 0 Å². The van der Waals surface area contributed by atoms with Crippen molar-refractivity contribution >= 4 is 18.6 Å². The Bertz CT molecular complexity index is 149. The average Bonchev–Trinajstić information content (AvgIpc) is 1.85. The second kappa shape index (κ2) is 3.94. The van der Waals surface area contributed by atoms with Crippen LogP contribution in [0.3, 0.4) is 0 Å². The van der Waals surface area contributed by atoms with Gasteiger partial charge >= 0.3 is 5.97 Å². The third-order valence-corrected chi connectivity index (χ3v) is 1.93. The number of carbonyl (C=O) groups is 1. The van der Waals surface area contributed by atoms with Crippen LogP contribution < -0.4 is 5.32 Å². The van der Waals surface area contributed by atoms with Crippen LogP contribution in [0.4, 0.5) is 0 Å². The minimum absolute atomic E-state index is 0.0803. The summed E-state index contributed by atoms with van der Waals surface area (Å²) in [7, 11) is 0. The molecule has 0 saturated carbocycles. The zero-order valence-corrected chi connectivity index (χ0v) is 6.88. The van der Waals surface area contributed by atoms with E-state index in [4.69, 9.17) is 9.84 Å². The second-order valence-corrected chi connectivity index (χ2v) is 2.75. The van der Waals surface area contributed by atoms with Gasteiger partial charge < -0.3 is 9.84 Å². The molecule has 1 fully saturated rings. The molecular formula is C6H11NO3S. The third-order valence-electron chi connectivity index (χ3n) is 1.57. The highest BCUT2D eigenvalue weighted by molar-refractivity contribution is 7.80. The standard InChI is InChI=1S/C6H11NO3S/c8-6(9)4(3-11)7-5-1-2-10-5/h4-5,7,11H,1-3H2,(H,8,9)/t4-,5?/m0/s1. The number of ether oxygens (including phenoxy) is 1. The Morgan fingerprint density at radius 3 is 2.82 bits per heavy atom. The zero-order valence-electron chi connectivity index (χ0n) is 5.99. The van der Waals surface area contributed by atoms with Crippen molar-refractivity contribution in [2.75, 3.05) is 12.4 Å². The molecule has 1 saturated heterocycles. The summed E-state index contributed by atoms with van der Waals surface area (Å²) in [5.74, 6) is -0.592. The molecule has 0 aromatic carbocycles. The summed E-state index contributed by atoms with van der Waals surface area (Å²) in [6.07, 6.45) is 0.806. The van der Waals surface area contributed by atoms with E-state index in [1.807, 2.05) is 0 Å². The van der Waals surface area contributed by atoms with Gasteiger partial charge in [0.1, 0.15) is 12.3 Å². The predicted molar refractivity (Wildman–Crippen MR) is 42.8 cm³/mol. The van der Waals surface area contributed by atoms with E-state index in [0.717, 1.165) is 13.0 Å². The van der Waals surface area contributed by atoms with Gasteiger partial charge in [-0.15, -0.1) is 0 Å². The van der Waals surface area contributed by atoms with Gasteiger partial charge in [-0.05, 0) is 0 Å². The summed E-state index contributed by atoms with van der Waals surface area (Å²) in [4.78, 5) is 10.4. The van der Waals surface area contributed by atoms with E-state index in [-0.39, 0.29) is 12.0 Å². The molecule has 0 aromatic heterocycles. The maximum absolute atomic E-state index is 10.4. The van der Waals surface area contributed by atoms with Gasteiger partial charge in [0.15, 0.2) is 0 Å². The molecule has 11 heavy (non-hydrogen) atoms. The molecule has 1 heterocycles. The molecule has 0 amide bonds. The van der Waals surface area contributed by atoms with Crippen molar-refractivity contribution in [1.29, 1.82) is 0 Å². The van der Waals surface area contributed by atoms with E-state index in [2.05, 4.69) is 17.9 Å². The van der Waals surface area contributed by atoms with E-state index in [1.165, 1.54) is 0 Å². The van der Waals surface area contributed by atoms with Crippen molar-refractivity contribution in [2.45, 2.75) is 18.7 Å². The van der Waals surface area contributed by atoms with Crippen LogP contribution in [0.1, 0.15) is 6.42 Å².